The lowest BCUT2D eigenvalue weighted by Crippen LogP contribution is -2.25. The van der Waals surface area contributed by atoms with Gasteiger partial charge in [0.25, 0.3) is 5.56 Å². The van der Waals surface area contributed by atoms with Crippen molar-refractivity contribution in [1.29, 1.82) is 5.26 Å². The first-order valence-electron chi connectivity index (χ1n) is 12.7. The van der Waals surface area contributed by atoms with Crippen molar-refractivity contribution >= 4 is 34.3 Å². The van der Waals surface area contributed by atoms with E-state index in [-0.39, 0.29) is 17.9 Å². The van der Waals surface area contributed by atoms with Gasteiger partial charge in [0.2, 0.25) is 5.95 Å². The summed E-state index contributed by atoms with van der Waals surface area (Å²) in [6.07, 6.45) is 2.43. The summed E-state index contributed by atoms with van der Waals surface area (Å²) >= 11 is 0. The van der Waals surface area contributed by atoms with Gasteiger partial charge in [-0.1, -0.05) is 24.3 Å². The highest BCUT2D eigenvalue weighted by molar-refractivity contribution is 5.90. The van der Waals surface area contributed by atoms with Crippen LogP contribution in [0.15, 0.2) is 53.3 Å². The maximum atomic E-state index is 13.9. The second kappa shape index (κ2) is 12.5. The molecular formula is C28H30N8O3. The Kier molecular flexibility index (Phi) is 8.68. The summed E-state index contributed by atoms with van der Waals surface area (Å²) in [5.74, 6) is 0.264. The predicted octanol–water partition coefficient (Wildman–Crippen LogP) is 3.65. The zero-order valence-corrected chi connectivity index (χ0v) is 21.6. The maximum absolute atomic E-state index is 13.9. The van der Waals surface area contributed by atoms with Crippen molar-refractivity contribution in [2.24, 2.45) is 0 Å². The number of fused-ring (bicyclic) bond motifs is 1. The van der Waals surface area contributed by atoms with Crippen LogP contribution >= 0.6 is 0 Å². The molecule has 2 aromatic heterocycles. The van der Waals surface area contributed by atoms with E-state index in [0.29, 0.717) is 84.0 Å². The molecular weight excluding hydrogens is 496 g/mol. The third-order valence-electron chi connectivity index (χ3n) is 6.20. The van der Waals surface area contributed by atoms with Crippen molar-refractivity contribution in [1.82, 2.24) is 19.5 Å². The molecule has 0 atom stereocenters. The Balaban J connectivity index is 1.60. The molecule has 0 saturated carbocycles. The smallest absolute Gasteiger partial charge is 0.303 e. The number of hydrogen-bond acceptors (Lipinski definition) is 9. The number of benzene rings is 2. The minimum Gasteiger partial charge on any atom is -0.481 e. The van der Waals surface area contributed by atoms with Gasteiger partial charge < -0.3 is 21.5 Å². The molecule has 0 saturated heterocycles. The van der Waals surface area contributed by atoms with Crippen molar-refractivity contribution in [3.05, 3.63) is 76.0 Å². The quantitative estimate of drug-likeness (QED) is 0.200. The first-order chi connectivity index (χ1) is 18.9. The molecule has 0 aliphatic rings. The molecule has 4 aromatic rings. The van der Waals surface area contributed by atoms with Crippen molar-refractivity contribution in [3.8, 4) is 11.8 Å². The summed E-state index contributed by atoms with van der Waals surface area (Å²) in [6, 6.07) is 17.0. The minimum atomic E-state index is -0.820. The first-order valence-corrected chi connectivity index (χ1v) is 12.7. The van der Waals surface area contributed by atoms with Gasteiger partial charge in [-0.2, -0.15) is 10.2 Å². The SMILES string of the molecule is Cc1nc(N)nc(NCCCc2nc3cccc(NCCCCC(=O)O)c3c(=O)n2-c2ccccc2)c1C#N. The number of hydrogen-bond donors (Lipinski definition) is 4. The van der Waals surface area contributed by atoms with Gasteiger partial charge in [-0.3, -0.25) is 14.2 Å². The number of aryl methyl sites for hydroxylation is 2. The summed E-state index contributed by atoms with van der Waals surface area (Å²) in [5, 5.41) is 25.2. The van der Waals surface area contributed by atoms with E-state index < -0.39 is 5.97 Å². The van der Waals surface area contributed by atoms with E-state index in [2.05, 4.69) is 26.7 Å². The average molecular weight is 527 g/mol. The van der Waals surface area contributed by atoms with Crippen molar-refractivity contribution < 1.29 is 9.90 Å². The minimum absolute atomic E-state index is 0.0920. The molecule has 2 heterocycles. The topological polar surface area (TPSA) is 172 Å². The molecule has 0 unspecified atom stereocenters. The fraction of sp³-hybridized carbons (Fsp3) is 0.286. The van der Waals surface area contributed by atoms with Crippen LogP contribution in [0.4, 0.5) is 17.5 Å². The number of anilines is 3. The number of nitrogens with one attached hydrogen (secondary N) is 2. The second-order valence-electron chi connectivity index (χ2n) is 9.01. The fourth-order valence-corrected chi connectivity index (χ4v) is 4.37. The van der Waals surface area contributed by atoms with Gasteiger partial charge in [0.1, 0.15) is 23.3 Å². The zero-order valence-electron chi connectivity index (χ0n) is 21.6. The molecule has 0 radical (unpaired) electrons. The van der Waals surface area contributed by atoms with E-state index >= 15 is 0 Å². The molecule has 2 aromatic carbocycles. The number of carboxylic acid groups (broad SMARTS) is 1. The molecule has 200 valence electrons. The van der Waals surface area contributed by atoms with Crippen LogP contribution < -0.4 is 21.9 Å². The number of para-hydroxylation sites is 1. The van der Waals surface area contributed by atoms with Crippen LogP contribution in [0.2, 0.25) is 0 Å². The zero-order chi connectivity index (χ0) is 27.8. The second-order valence-corrected chi connectivity index (χ2v) is 9.01. The number of nitrogens with zero attached hydrogens (tertiary/aromatic N) is 5. The number of aliphatic carboxylic acids is 1. The standard InChI is InChI=1S/C28H30N8O3/c1-18-20(17-29)26(35-28(30)33-18)32-16-8-13-23-34-22-12-7-11-21(31-15-6-5-14-24(37)38)25(22)27(39)36(23)19-9-3-2-4-10-19/h2-4,7,9-12,31H,5-6,8,13-16H2,1H3,(H,37,38)(H3,30,32,33,35). The van der Waals surface area contributed by atoms with Crippen LogP contribution in [-0.2, 0) is 11.2 Å². The third-order valence-corrected chi connectivity index (χ3v) is 6.20. The molecule has 11 nitrogen and oxygen atoms in total. The lowest BCUT2D eigenvalue weighted by Gasteiger charge is -2.16. The molecule has 0 spiro atoms. The normalized spacial score (nSPS) is 10.8. The van der Waals surface area contributed by atoms with Crippen molar-refractivity contribution in [2.75, 3.05) is 29.5 Å². The number of rotatable bonds is 12. The largest absolute Gasteiger partial charge is 0.481 e. The lowest BCUT2D eigenvalue weighted by molar-refractivity contribution is -0.137. The number of nitrogens with two attached hydrogens (primary N) is 1. The van der Waals surface area contributed by atoms with Gasteiger partial charge in [-0.25, -0.2) is 9.97 Å². The molecule has 39 heavy (non-hydrogen) atoms. The highest BCUT2D eigenvalue weighted by atomic mass is 16.4. The van der Waals surface area contributed by atoms with Crippen molar-refractivity contribution in [2.45, 2.75) is 39.0 Å². The summed E-state index contributed by atoms with van der Waals surface area (Å²) in [4.78, 5) is 37.7. The number of nitrogen functional groups attached to an aromatic ring is 1. The fourth-order valence-electron chi connectivity index (χ4n) is 4.37. The van der Waals surface area contributed by atoms with Crippen LogP contribution in [0, 0.1) is 18.3 Å². The van der Waals surface area contributed by atoms with Gasteiger partial charge in [0, 0.05) is 31.6 Å². The van der Waals surface area contributed by atoms with Gasteiger partial charge in [0.15, 0.2) is 0 Å². The molecule has 0 aliphatic heterocycles. The third kappa shape index (κ3) is 6.48. The van der Waals surface area contributed by atoms with Crippen LogP contribution in [0.1, 0.15) is 42.8 Å². The van der Waals surface area contributed by atoms with Crippen LogP contribution in [0.3, 0.4) is 0 Å². The Bertz CT molecular complexity index is 1580. The van der Waals surface area contributed by atoms with Gasteiger partial charge in [-0.05, 0) is 50.5 Å². The molecule has 5 N–H and O–H groups in total. The Labute approximate surface area is 225 Å². The van der Waals surface area contributed by atoms with E-state index in [9.17, 15) is 14.9 Å². The van der Waals surface area contributed by atoms with E-state index in [1.165, 1.54) is 0 Å². The molecule has 11 heteroatoms. The molecule has 0 bridgehead atoms. The number of aromatic nitrogens is 4. The van der Waals surface area contributed by atoms with E-state index in [0.717, 1.165) is 0 Å². The molecule has 0 fully saturated rings. The summed E-state index contributed by atoms with van der Waals surface area (Å²) in [7, 11) is 0. The summed E-state index contributed by atoms with van der Waals surface area (Å²) in [6.45, 7) is 2.73. The predicted molar refractivity (Wildman–Crippen MR) is 150 cm³/mol. The van der Waals surface area contributed by atoms with Crippen LogP contribution in [0.25, 0.3) is 16.6 Å². The van der Waals surface area contributed by atoms with Gasteiger partial charge >= 0.3 is 5.97 Å². The first kappa shape index (κ1) is 27.1. The average Bonchev–Trinajstić information content (AvgIpc) is 2.91. The highest BCUT2D eigenvalue weighted by Gasteiger charge is 2.16. The van der Waals surface area contributed by atoms with E-state index in [1.54, 1.807) is 11.5 Å². The van der Waals surface area contributed by atoms with Crippen LogP contribution in [0.5, 0.6) is 0 Å². The Morgan fingerprint density at radius 2 is 1.79 bits per heavy atom. The number of unbranched alkanes of at least 4 members (excludes halogenated alkanes) is 1. The lowest BCUT2D eigenvalue weighted by atomic mass is 10.1. The molecule has 4 rings (SSSR count). The van der Waals surface area contributed by atoms with E-state index in [4.69, 9.17) is 15.8 Å². The summed E-state index contributed by atoms with van der Waals surface area (Å²) < 4.78 is 1.63. The highest BCUT2D eigenvalue weighted by Crippen LogP contribution is 2.22. The summed E-state index contributed by atoms with van der Waals surface area (Å²) in [5.41, 5.74) is 8.38. The molecule has 0 aliphatic carbocycles. The van der Waals surface area contributed by atoms with Gasteiger partial charge in [-0.15, -0.1) is 0 Å². The Hall–Kier alpha value is -4.98. The number of nitriles is 1. The molecule has 0 amide bonds. The number of carbonyl (C=O) groups is 1. The van der Waals surface area contributed by atoms with Crippen molar-refractivity contribution in [3.63, 3.8) is 0 Å². The van der Waals surface area contributed by atoms with E-state index in [1.807, 2.05) is 48.5 Å². The number of carboxylic acids is 1. The Morgan fingerprint density at radius 1 is 1.03 bits per heavy atom. The monoisotopic (exact) mass is 526 g/mol. The Morgan fingerprint density at radius 3 is 2.54 bits per heavy atom. The van der Waals surface area contributed by atoms with Crippen LogP contribution in [-0.4, -0.2) is 43.7 Å². The maximum Gasteiger partial charge on any atom is 0.303 e. The van der Waals surface area contributed by atoms with Gasteiger partial charge in [0.05, 0.1) is 22.3 Å².